The van der Waals surface area contributed by atoms with Gasteiger partial charge in [0.05, 0.1) is 5.56 Å². The van der Waals surface area contributed by atoms with Crippen molar-refractivity contribution < 1.29 is 13.7 Å². The molecule has 1 fully saturated rings. The second-order valence-electron chi connectivity index (χ2n) is 5.13. The molecule has 0 bridgehead atoms. The second-order valence-corrected chi connectivity index (χ2v) is 5.84. The topological polar surface area (TPSA) is 80.9 Å². The van der Waals surface area contributed by atoms with Gasteiger partial charge in [-0.25, -0.2) is 9.37 Å². The zero-order valence-corrected chi connectivity index (χ0v) is 13.0. The average Bonchev–Trinajstić information content (AvgIpc) is 2.84. The van der Waals surface area contributed by atoms with E-state index in [1.807, 2.05) is 0 Å². The molecule has 0 saturated heterocycles. The van der Waals surface area contributed by atoms with Crippen LogP contribution in [0.25, 0.3) is 0 Å². The molecule has 3 rings (SSSR count). The van der Waals surface area contributed by atoms with Gasteiger partial charge in [0.25, 0.3) is 5.91 Å². The number of rotatable bonds is 3. The molecule has 2 heterocycles. The molecule has 2 aromatic rings. The van der Waals surface area contributed by atoms with Crippen molar-refractivity contribution in [3.8, 4) is 0 Å². The number of hydrogen-bond acceptors (Lipinski definition) is 5. The summed E-state index contributed by atoms with van der Waals surface area (Å²) in [6.45, 7) is 1.67. The maximum absolute atomic E-state index is 13.5. The van der Waals surface area contributed by atoms with Crippen molar-refractivity contribution in [2.45, 2.75) is 31.7 Å². The molecule has 1 saturated carbocycles. The minimum Gasteiger partial charge on any atom is -0.340 e. The van der Waals surface area contributed by atoms with Gasteiger partial charge in [-0.15, -0.1) is 0 Å². The van der Waals surface area contributed by atoms with E-state index in [2.05, 4.69) is 20.4 Å². The third kappa shape index (κ3) is 2.55. The van der Waals surface area contributed by atoms with Crippen LogP contribution in [-0.2, 0) is 5.54 Å². The third-order valence-electron chi connectivity index (χ3n) is 3.65. The first-order valence-electron chi connectivity index (χ1n) is 6.56. The summed E-state index contributed by atoms with van der Waals surface area (Å²) in [6.07, 6.45) is 2.24. The number of nitrogens with zero attached hydrogens (tertiary/aromatic N) is 3. The van der Waals surface area contributed by atoms with E-state index in [-0.39, 0.29) is 15.9 Å². The van der Waals surface area contributed by atoms with Crippen LogP contribution < -0.4 is 5.32 Å². The lowest BCUT2D eigenvalue weighted by atomic mass is 9.76. The highest BCUT2D eigenvalue weighted by molar-refractivity contribution is 6.34. The number of aryl methyl sites for hydroxylation is 1. The summed E-state index contributed by atoms with van der Waals surface area (Å²) < 4.78 is 18.5. The van der Waals surface area contributed by atoms with E-state index in [9.17, 15) is 9.18 Å². The minimum absolute atomic E-state index is 0.0879. The van der Waals surface area contributed by atoms with E-state index in [1.54, 1.807) is 6.92 Å². The van der Waals surface area contributed by atoms with Crippen LogP contribution in [0.2, 0.25) is 10.3 Å². The van der Waals surface area contributed by atoms with Crippen LogP contribution in [0.1, 0.15) is 41.3 Å². The minimum atomic E-state index is -0.811. The lowest BCUT2D eigenvalue weighted by molar-refractivity contribution is 0.0804. The third-order valence-corrected chi connectivity index (χ3v) is 4.20. The zero-order chi connectivity index (χ0) is 15.9. The molecular weight excluding hydrogens is 334 g/mol. The Morgan fingerprint density at radius 2 is 2.09 bits per heavy atom. The van der Waals surface area contributed by atoms with E-state index in [0.29, 0.717) is 24.6 Å². The first kappa shape index (κ1) is 15.2. The molecule has 6 nitrogen and oxygen atoms in total. The zero-order valence-electron chi connectivity index (χ0n) is 11.5. The highest BCUT2D eigenvalue weighted by Gasteiger charge is 2.44. The molecule has 9 heteroatoms. The molecule has 0 aliphatic heterocycles. The largest absolute Gasteiger partial charge is 0.340 e. The Hall–Kier alpha value is -1.73. The molecule has 116 valence electrons. The summed E-state index contributed by atoms with van der Waals surface area (Å²) in [5.74, 6) is -0.555. The fraction of sp³-hybridized carbons (Fsp3) is 0.385. The molecule has 2 aromatic heterocycles. The van der Waals surface area contributed by atoms with Gasteiger partial charge in [0.15, 0.2) is 16.8 Å². The van der Waals surface area contributed by atoms with Gasteiger partial charge in [-0.2, -0.15) is 4.98 Å². The molecule has 0 radical (unpaired) electrons. The van der Waals surface area contributed by atoms with E-state index >= 15 is 0 Å². The predicted molar refractivity (Wildman–Crippen MR) is 76.2 cm³/mol. The smallest absolute Gasteiger partial charge is 0.255 e. The average molecular weight is 345 g/mol. The molecule has 22 heavy (non-hydrogen) atoms. The number of halogens is 3. The monoisotopic (exact) mass is 344 g/mol. The quantitative estimate of drug-likeness (QED) is 0.865. The van der Waals surface area contributed by atoms with Crippen molar-refractivity contribution in [1.29, 1.82) is 0 Å². The number of carbonyl (C=O) groups is 1. The Morgan fingerprint density at radius 3 is 2.64 bits per heavy atom. The Kier molecular flexibility index (Phi) is 3.78. The molecule has 0 aromatic carbocycles. The fourth-order valence-corrected chi connectivity index (χ4v) is 2.73. The molecule has 1 aliphatic rings. The highest BCUT2D eigenvalue weighted by Crippen LogP contribution is 2.40. The van der Waals surface area contributed by atoms with Gasteiger partial charge >= 0.3 is 0 Å². The second kappa shape index (κ2) is 5.48. The summed E-state index contributed by atoms with van der Waals surface area (Å²) in [5.41, 5.74) is -0.802. The first-order valence-corrected chi connectivity index (χ1v) is 7.32. The summed E-state index contributed by atoms with van der Waals surface area (Å²) in [4.78, 5) is 20.1. The van der Waals surface area contributed by atoms with E-state index in [1.165, 1.54) is 0 Å². The predicted octanol–water partition coefficient (Wildman–Crippen LogP) is 3.03. The molecule has 1 N–H and O–H groups in total. The fourth-order valence-electron chi connectivity index (χ4n) is 2.32. The van der Waals surface area contributed by atoms with Crippen LogP contribution in [0.15, 0.2) is 10.6 Å². The Bertz CT molecular complexity index is 746. The number of amides is 1. The molecular formula is C13H11Cl2FN4O2. The maximum atomic E-state index is 13.5. The summed E-state index contributed by atoms with van der Waals surface area (Å²) in [5, 5.41) is 6.13. The number of aromatic nitrogens is 3. The van der Waals surface area contributed by atoms with E-state index in [0.717, 1.165) is 12.5 Å². The number of nitrogens with one attached hydrogen (secondary N) is 1. The van der Waals surface area contributed by atoms with Crippen LogP contribution in [0, 0.1) is 12.7 Å². The van der Waals surface area contributed by atoms with Gasteiger partial charge in [-0.05, 0) is 25.3 Å². The Morgan fingerprint density at radius 1 is 1.36 bits per heavy atom. The molecule has 1 amide bonds. The lowest BCUT2D eigenvalue weighted by Gasteiger charge is -2.39. The van der Waals surface area contributed by atoms with Gasteiger partial charge in [0.2, 0.25) is 5.89 Å². The maximum Gasteiger partial charge on any atom is 0.255 e. The highest BCUT2D eigenvalue weighted by atomic mass is 35.5. The van der Waals surface area contributed by atoms with Gasteiger partial charge in [-0.3, -0.25) is 4.79 Å². The van der Waals surface area contributed by atoms with Gasteiger partial charge in [0.1, 0.15) is 10.7 Å². The molecule has 1 aliphatic carbocycles. The molecule has 0 spiro atoms. The van der Waals surface area contributed by atoms with Gasteiger partial charge < -0.3 is 9.84 Å². The van der Waals surface area contributed by atoms with Crippen LogP contribution in [0.5, 0.6) is 0 Å². The van der Waals surface area contributed by atoms with E-state index < -0.39 is 17.3 Å². The SMILES string of the molecule is Cc1nc(C2(NC(=O)c3cc(F)c(Cl)nc3Cl)CCC2)no1. The number of hydrogen-bond donors (Lipinski definition) is 1. The molecule has 0 atom stereocenters. The van der Waals surface area contributed by atoms with Crippen molar-refractivity contribution >= 4 is 29.1 Å². The lowest BCUT2D eigenvalue weighted by Crippen LogP contribution is -2.51. The Labute approximate surface area is 135 Å². The van der Waals surface area contributed by atoms with Crippen molar-refractivity contribution in [1.82, 2.24) is 20.4 Å². The molecule has 0 unspecified atom stereocenters. The van der Waals surface area contributed by atoms with E-state index in [4.69, 9.17) is 27.7 Å². The summed E-state index contributed by atoms with van der Waals surface area (Å²) in [6, 6.07) is 0.959. The normalized spacial score (nSPS) is 16.2. The van der Waals surface area contributed by atoms with Crippen LogP contribution in [0.3, 0.4) is 0 Å². The standard InChI is InChI=1S/C13H11Cl2FN4O2/c1-6-17-12(20-22-6)13(3-2-4-13)19-11(21)7-5-8(16)10(15)18-9(7)14/h5H,2-4H2,1H3,(H,19,21). The first-order chi connectivity index (χ1) is 10.4. The Balaban J connectivity index is 1.89. The van der Waals surface area contributed by atoms with Crippen LogP contribution in [-0.4, -0.2) is 21.0 Å². The van der Waals surface area contributed by atoms with Crippen molar-refractivity contribution in [3.05, 3.63) is 39.5 Å². The van der Waals surface area contributed by atoms with Crippen molar-refractivity contribution in [2.75, 3.05) is 0 Å². The van der Waals surface area contributed by atoms with Crippen molar-refractivity contribution in [2.24, 2.45) is 0 Å². The van der Waals surface area contributed by atoms with Crippen molar-refractivity contribution in [3.63, 3.8) is 0 Å². The number of pyridine rings is 1. The van der Waals surface area contributed by atoms with Gasteiger partial charge in [0, 0.05) is 6.92 Å². The van der Waals surface area contributed by atoms with Crippen LogP contribution >= 0.6 is 23.2 Å². The van der Waals surface area contributed by atoms with Crippen LogP contribution in [0.4, 0.5) is 4.39 Å². The van der Waals surface area contributed by atoms with Gasteiger partial charge in [-0.1, -0.05) is 28.4 Å². The summed E-state index contributed by atoms with van der Waals surface area (Å²) in [7, 11) is 0. The summed E-state index contributed by atoms with van der Waals surface area (Å²) >= 11 is 11.4. The number of carbonyl (C=O) groups excluding carboxylic acids is 1.